The number of hydrogen-bond donors (Lipinski definition) is 1. The molecule has 1 heterocycles. The van der Waals surface area contributed by atoms with Gasteiger partial charge in [0.1, 0.15) is 0 Å². The maximum Gasteiger partial charge on any atom is 0.257 e. The Bertz CT molecular complexity index is 828. The normalized spacial score (nSPS) is 16.3. The maximum atomic E-state index is 5.79. The molecule has 1 aliphatic rings. The van der Waals surface area contributed by atoms with Crippen molar-refractivity contribution in [3.8, 4) is 11.5 Å². The van der Waals surface area contributed by atoms with Crippen molar-refractivity contribution >= 4 is 21.6 Å². The van der Waals surface area contributed by atoms with E-state index in [0.717, 1.165) is 22.3 Å². The van der Waals surface area contributed by atoms with E-state index in [0.29, 0.717) is 11.6 Å². The number of nitrogens with zero attached hydrogens (tertiary/aromatic N) is 2. The second-order valence-corrected chi connectivity index (χ2v) is 6.00. The molecule has 0 saturated carbocycles. The fraction of sp³-hybridized carbons (Fsp3) is 0.125. The van der Waals surface area contributed by atoms with Crippen molar-refractivity contribution < 1.29 is 4.52 Å². The van der Waals surface area contributed by atoms with Crippen LogP contribution in [-0.2, 0) is 6.42 Å². The van der Waals surface area contributed by atoms with E-state index in [1.165, 1.54) is 11.1 Å². The lowest BCUT2D eigenvalue weighted by atomic mass is 9.77. The Morgan fingerprint density at radius 2 is 2.05 bits per heavy atom. The minimum atomic E-state index is 0.246. The largest absolute Gasteiger partial charge is 0.398 e. The molecule has 0 fully saturated rings. The molecule has 0 amide bonds. The van der Waals surface area contributed by atoms with Gasteiger partial charge in [-0.1, -0.05) is 29.4 Å². The van der Waals surface area contributed by atoms with Gasteiger partial charge in [-0.2, -0.15) is 4.98 Å². The summed E-state index contributed by atoms with van der Waals surface area (Å²) in [6, 6.07) is 14.0. The summed E-state index contributed by atoms with van der Waals surface area (Å²) in [6.07, 6.45) is 0.973. The zero-order valence-electron chi connectivity index (χ0n) is 11.1. The predicted molar refractivity (Wildman–Crippen MR) is 83.8 cm³/mol. The molecule has 4 rings (SSSR count). The molecule has 4 nitrogen and oxygen atoms in total. The Morgan fingerprint density at radius 3 is 2.86 bits per heavy atom. The molecule has 21 heavy (non-hydrogen) atoms. The second kappa shape index (κ2) is 4.70. The molecule has 3 aromatic rings. The van der Waals surface area contributed by atoms with Crippen LogP contribution in [-0.4, -0.2) is 10.1 Å². The summed E-state index contributed by atoms with van der Waals surface area (Å²) < 4.78 is 6.22. The number of nitrogen functional groups attached to an aromatic ring is 1. The summed E-state index contributed by atoms with van der Waals surface area (Å²) in [5, 5.41) is 4.13. The zero-order chi connectivity index (χ0) is 14.4. The van der Waals surface area contributed by atoms with Crippen LogP contribution in [0.3, 0.4) is 0 Å². The van der Waals surface area contributed by atoms with E-state index in [2.05, 4.69) is 44.3 Å². The molecule has 1 aliphatic carbocycles. The first-order valence-electron chi connectivity index (χ1n) is 6.69. The average Bonchev–Trinajstić information content (AvgIpc) is 2.93. The van der Waals surface area contributed by atoms with Crippen LogP contribution in [0.4, 0.5) is 5.69 Å². The van der Waals surface area contributed by atoms with Crippen LogP contribution < -0.4 is 5.73 Å². The van der Waals surface area contributed by atoms with Gasteiger partial charge in [0.15, 0.2) is 5.82 Å². The number of anilines is 1. The second-order valence-electron chi connectivity index (χ2n) is 5.15. The van der Waals surface area contributed by atoms with Crippen molar-refractivity contribution in [2.75, 3.05) is 5.73 Å². The van der Waals surface area contributed by atoms with Crippen molar-refractivity contribution in [3.05, 3.63) is 63.9 Å². The van der Waals surface area contributed by atoms with Gasteiger partial charge in [-0.05, 0) is 51.7 Å². The molecule has 1 aromatic heterocycles. The Kier molecular flexibility index (Phi) is 2.82. The van der Waals surface area contributed by atoms with Crippen molar-refractivity contribution in [1.82, 2.24) is 10.1 Å². The van der Waals surface area contributed by atoms with Crippen molar-refractivity contribution in [1.29, 1.82) is 0 Å². The van der Waals surface area contributed by atoms with E-state index in [1.807, 2.05) is 24.3 Å². The number of aromatic nitrogens is 2. The highest BCUT2D eigenvalue weighted by molar-refractivity contribution is 9.10. The number of benzene rings is 2. The highest BCUT2D eigenvalue weighted by Crippen LogP contribution is 2.39. The average molecular weight is 342 g/mol. The van der Waals surface area contributed by atoms with Crippen LogP contribution in [0.2, 0.25) is 0 Å². The lowest BCUT2D eigenvalue weighted by molar-refractivity contribution is 0.416. The van der Waals surface area contributed by atoms with Crippen LogP contribution >= 0.6 is 15.9 Å². The number of fused-ring (bicyclic) bond motifs is 1. The fourth-order valence-electron chi connectivity index (χ4n) is 2.64. The summed E-state index contributed by atoms with van der Waals surface area (Å²) in [6.45, 7) is 0. The van der Waals surface area contributed by atoms with Crippen molar-refractivity contribution in [3.63, 3.8) is 0 Å². The first-order chi connectivity index (χ1) is 10.2. The first kappa shape index (κ1) is 12.6. The Balaban J connectivity index is 1.66. The van der Waals surface area contributed by atoms with Gasteiger partial charge in [-0.3, -0.25) is 0 Å². The third kappa shape index (κ3) is 2.05. The number of hydrogen-bond acceptors (Lipinski definition) is 4. The molecule has 0 bridgehead atoms. The van der Waals surface area contributed by atoms with E-state index in [-0.39, 0.29) is 5.92 Å². The maximum absolute atomic E-state index is 5.79. The molecule has 1 atom stereocenters. The highest BCUT2D eigenvalue weighted by Gasteiger charge is 2.31. The third-order valence-electron chi connectivity index (χ3n) is 3.86. The summed E-state index contributed by atoms with van der Waals surface area (Å²) in [4.78, 5) is 4.53. The summed E-state index contributed by atoms with van der Waals surface area (Å²) in [7, 11) is 0. The monoisotopic (exact) mass is 341 g/mol. The minimum Gasteiger partial charge on any atom is -0.398 e. The van der Waals surface area contributed by atoms with Gasteiger partial charge in [-0.25, -0.2) is 0 Å². The molecule has 104 valence electrons. The van der Waals surface area contributed by atoms with E-state index in [9.17, 15) is 0 Å². The molecule has 5 heteroatoms. The van der Waals surface area contributed by atoms with Gasteiger partial charge < -0.3 is 10.3 Å². The van der Waals surface area contributed by atoms with E-state index in [1.54, 1.807) is 0 Å². The van der Waals surface area contributed by atoms with E-state index < -0.39 is 0 Å². The lowest BCUT2D eigenvalue weighted by Crippen LogP contribution is -2.19. The number of rotatable bonds is 2. The Hall–Kier alpha value is -2.14. The van der Waals surface area contributed by atoms with Gasteiger partial charge in [0, 0.05) is 15.7 Å². The highest BCUT2D eigenvalue weighted by atomic mass is 79.9. The first-order valence-corrected chi connectivity index (χ1v) is 7.48. The van der Waals surface area contributed by atoms with Crippen LogP contribution in [0.15, 0.2) is 51.5 Å². The van der Waals surface area contributed by atoms with E-state index in [4.69, 9.17) is 10.3 Å². The zero-order valence-corrected chi connectivity index (χ0v) is 12.7. The number of halogens is 1. The van der Waals surface area contributed by atoms with Crippen LogP contribution in [0, 0.1) is 0 Å². The predicted octanol–water partition coefficient (Wildman–Crippen LogP) is 3.77. The molecule has 2 aromatic carbocycles. The summed E-state index contributed by atoms with van der Waals surface area (Å²) >= 11 is 3.41. The van der Waals surface area contributed by atoms with Crippen molar-refractivity contribution in [2.45, 2.75) is 12.3 Å². The molecular weight excluding hydrogens is 330 g/mol. The number of nitrogens with two attached hydrogens (primary N) is 1. The van der Waals surface area contributed by atoms with Gasteiger partial charge in [0.05, 0.1) is 5.92 Å². The van der Waals surface area contributed by atoms with Crippen LogP contribution in [0.5, 0.6) is 0 Å². The van der Waals surface area contributed by atoms with Crippen molar-refractivity contribution in [2.24, 2.45) is 0 Å². The molecular formula is C16H12BrN3O. The Labute approximate surface area is 130 Å². The summed E-state index contributed by atoms with van der Waals surface area (Å²) in [5.41, 5.74) is 10.00. The van der Waals surface area contributed by atoms with Crippen LogP contribution in [0.1, 0.15) is 22.9 Å². The van der Waals surface area contributed by atoms with Crippen LogP contribution in [0.25, 0.3) is 11.5 Å². The summed E-state index contributed by atoms with van der Waals surface area (Å²) in [5.74, 6) is 1.52. The van der Waals surface area contributed by atoms with Gasteiger partial charge >= 0.3 is 0 Å². The molecule has 0 spiro atoms. The molecule has 0 radical (unpaired) electrons. The SMILES string of the molecule is Nc1ccc(-c2nc(C3Cc4ccccc43)no2)cc1Br. The third-order valence-corrected chi connectivity index (χ3v) is 4.54. The Morgan fingerprint density at radius 1 is 1.19 bits per heavy atom. The molecule has 0 aliphatic heterocycles. The molecule has 2 N–H and O–H groups in total. The minimum absolute atomic E-state index is 0.246. The van der Waals surface area contributed by atoms with Gasteiger partial charge in [0.25, 0.3) is 5.89 Å². The fourth-order valence-corrected chi connectivity index (χ4v) is 3.02. The van der Waals surface area contributed by atoms with Gasteiger partial charge in [0.2, 0.25) is 0 Å². The smallest absolute Gasteiger partial charge is 0.257 e. The quantitative estimate of drug-likeness (QED) is 0.720. The standard InChI is InChI=1S/C16H12BrN3O/c17-13-8-10(5-6-14(13)18)16-19-15(20-21-16)12-7-9-3-1-2-4-11(9)12/h1-6,8,12H,7,18H2. The topological polar surface area (TPSA) is 64.9 Å². The lowest BCUT2D eigenvalue weighted by Gasteiger charge is -2.27. The van der Waals surface area contributed by atoms with E-state index >= 15 is 0 Å². The van der Waals surface area contributed by atoms with Gasteiger partial charge in [-0.15, -0.1) is 0 Å². The molecule has 1 unspecified atom stereocenters. The molecule has 0 saturated heterocycles.